The van der Waals surface area contributed by atoms with Gasteiger partial charge in [0.15, 0.2) is 0 Å². The zero-order valence-electron chi connectivity index (χ0n) is 14.2. The number of piperazine rings is 1. The summed E-state index contributed by atoms with van der Waals surface area (Å²) in [5, 5.41) is 0. The van der Waals surface area contributed by atoms with Gasteiger partial charge < -0.3 is 4.90 Å². The van der Waals surface area contributed by atoms with Gasteiger partial charge in [-0.3, -0.25) is 9.88 Å². The maximum absolute atomic E-state index is 4.75. The molecule has 0 spiro atoms. The predicted molar refractivity (Wildman–Crippen MR) is 92.6 cm³/mol. The second-order valence-electron chi connectivity index (χ2n) is 6.50. The molecule has 0 aliphatic carbocycles. The van der Waals surface area contributed by atoms with E-state index in [1.807, 2.05) is 18.5 Å². The van der Waals surface area contributed by atoms with Crippen LogP contribution in [-0.4, -0.2) is 46.0 Å². The molecular formula is C18H25N5. The first kappa shape index (κ1) is 15.9. The van der Waals surface area contributed by atoms with Crippen LogP contribution in [-0.2, 0) is 6.54 Å². The highest BCUT2D eigenvalue weighted by molar-refractivity contribution is 5.40. The van der Waals surface area contributed by atoms with E-state index >= 15 is 0 Å². The van der Waals surface area contributed by atoms with E-state index in [4.69, 9.17) is 4.98 Å². The molecule has 0 bridgehead atoms. The topological polar surface area (TPSA) is 45.2 Å². The lowest BCUT2D eigenvalue weighted by atomic mass is 10.2. The van der Waals surface area contributed by atoms with Crippen molar-refractivity contribution in [2.45, 2.75) is 33.2 Å². The van der Waals surface area contributed by atoms with Gasteiger partial charge in [0.05, 0.1) is 0 Å². The lowest BCUT2D eigenvalue weighted by Crippen LogP contribution is -2.46. The Balaban J connectivity index is 1.63. The Morgan fingerprint density at radius 1 is 1.13 bits per heavy atom. The van der Waals surface area contributed by atoms with E-state index < -0.39 is 0 Å². The number of aromatic nitrogens is 3. The number of hydrogen-bond donors (Lipinski definition) is 0. The fourth-order valence-corrected chi connectivity index (χ4v) is 2.88. The van der Waals surface area contributed by atoms with Crippen LogP contribution in [0.4, 0.5) is 5.82 Å². The molecule has 23 heavy (non-hydrogen) atoms. The van der Waals surface area contributed by atoms with Crippen LogP contribution in [0.5, 0.6) is 0 Å². The molecule has 2 aromatic heterocycles. The normalized spacial score (nSPS) is 16.1. The Kier molecular flexibility index (Phi) is 4.86. The van der Waals surface area contributed by atoms with E-state index in [-0.39, 0.29) is 0 Å². The van der Waals surface area contributed by atoms with E-state index in [9.17, 15) is 0 Å². The van der Waals surface area contributed by atoms with E-state index in [1.165, 1.54) is 5.56 Å². The fourth-order valence-electron chi connectivity index (χ4n) is 2.88. The van der Waals surface area contributed by atoms with Crippen LogP contribution in [0, 0.1) is 6.92 Å². The average Bonchev–Trinajstić information content (AvgIpc) is 2.56. The maximum atomic E-state index is 4.75. The largest absolute Gasteiger partial charge is 0.354 e. The molecule has 1 fully saturated rings. The molecule has 1 aliphatic rings. The zero-order chi connectivity index (χ0) is 16.2. The molecule has 0 radical (unpaired) electrons. The molecule has 0 unspecified atom stereocenters. The van der Waals surface area contributed by atoms with Gasteiger partial charge in [-0.05, 0) is 18.6 Å². The number of hydrogen-bond acceptors (Lipinski definition) is 5. The molecule has 0 amide bonds. The van der Waals surface area contributed by atoms with Crippen LogP contribution in [0.3, 0.4) is 0 Å². The first-order valence-electron chi connectivity index (χ1n) is 8.33. The number of rotatable bonds is 4. The third-order valence-corrected chi connectivity index (χ3v) is 4.20. The standard InChI is InChI=1S/C18H25N5/c1-14(2)18-20-15(3)11-17(21-18)23-9-7-22(8-10-23)13-16-5-4-6-19-12-16/h4-6,11-12,14H,7-10,13H2,1-3H3. The Bertz CT molecular complexity index is 633. The number of pyridine rings is 1. The van der Waals surface area contributed by atoms with Gasteiger partial charge in [-0.1, -0.05) is 19.9 Å². The van der Waals surface area contributed by atoms with Crippen LogP contribution in [0.2, 0.25) is 0 Å². The van der Waals surface area contributed by atoms with Crippen LogP contribution < -0.4 is 4.90 Å². The summed E-state index contributed by atoms with van der Waals surface area (Å²) in [6, 6.07) is 6.24. The minimum atomic E-state index is 0.362. The molecule has 0 atom stereocenters. The van der Waals surface area contributed by atoms with Crippen molar-refractivity contribution in [3.63, 3.8) is 0 Å². The summed E-state index contributed by atoms with van der Waals surface area (Å²) in [6.07, 6.45) is 3.78. The number of aryl methyl sites for hydroxylation is 1. The van der Waals surface area contributed by atoms with Gasteiger partial charge in [-0.15, -0.1) is 0 Å². The van der Waals surface area contributed by atoms with Crippen molar-refractivity contribution >= 4 is 5.82 Å². The van der Waals surface area contributed by atoms with E-state index in [0.717, 1.165) is 50.1 Å². The Morgan fingerprint density at radius 2 is 1.91 bits per heavy atom. The average molecular weight is 311 g/mol. The summed E-state index contributed by atoms with van der Waals surface area (Å²) in [5.74, 6) is 2.38. The van der Waals surface area contributed by atoms with Crippen molar-refractivity contribution in [1.29, 1.82) is 0 Å². The van der Waals surface area contributed by atoms with Gasteiger partial charge in [0.25, 0.3) is 0 Å². The van der Waals surface area contributed by atoms with Crippen LogP contribution in [0.1, 0.15) is 36.8 Å². The first-order valence-corrected chi connectivity index (χ1v) is 8.33. The molecule has 1 aliphatic heterocycles. The SMILES string of the molecule is Cc1cc(N2CCN(Cc3cccnc3)CC2)nc(C(C)C)n1. The van der Waals surface area contributed by atoms with Crippen LogP contribution in [0.25, 0.3) is 0 Å². The molecule has 5 heteroatoms. The van der Waals surface area contributed by atoms with E-state index in [2.05, 4.69) is 52.7 Å². The quantitative estimate of drug-likeness (QED) is 0.868. The van der Waals surface area contributed by atoms with Gasteiger partial charge >= 0.3 is 0 Å². The third-order valence-electron chi connectivity index (χ3n) is 4.20. The second kappa shape index (κ2) is 7.04. The van der Waals surface area contributed by atoms with Gasteiger partial charge in [0.1, 0.15) is 11.6 Å². The van der Waals surface area contributed by atoms with Crippen molar-refractivity contribution in [2.75, 3.05) is 31.1 Å². The molecule has 5 nitrogen and oxygen atoms in total. The second-order valence-corrected chi connectivity index (χ2v) is 6.50. The van der Waals surface area contributed by atoms with Crippen molar-refractivity contribution in [2.24, 2.45) is 0 Å². The minimum absolute atomic E-state index is 0.362. The lowest BCUT2D eigenvalue weighted by molar-refractivity contribution is 0.249. The summed E-state index contributed by atoms with van der Waals surface area (Å²) in [6.45, 7) is 11.4. The summed E-state index contributed by atoms with van der Waals surface area (Å²) in [7, 11) is 0. The Hall–Kier alpha value is -2.01. The fraction of sp³-hybridized carbons (Fsp3) is 0.500. The monoisotopic (exact) mass is 311 g/mol. The molecule has 0 N–H and O–H groups in total. The number of nitrogens with zero attached hydrogens (tertiary/aromatic N) is 5. The summed E-state index contributed by atoms with van der Waals surface area (Å²) in [4.78, 5) is 18.3. The van der Waals surface area contributed by atoms with Gasteiger partial charge in [-0.25, -0.2) is 9.97 Å². The smallest absolute Gasteiger partial charge is 0.133 e. The third kappa shape index (κ3) is 4.05. The van der Waals surface area contributed by atoms with E-state index in [0.29, 0.717) is 5.92 Å². The van der Waals surface area contributed by atoms with Crippen molar-refractivity contribution in [3.8, 4) is 0 Å². The predicted octanol–water partition coefficient (Wildman–Crippen LogP) is 2.63. The molecule has 3 heterocycles. The van der Waals surface area contributed by atoms with Gasteiger partial charge in [0, 0.05) is 62.8 Å². The summed E-state index contributed by atoms with van der Waals surface area (Å²) in [5.41, 5.74) is 2.33. The maximum Gasteiger partial charge on any atom is 0.133 e. The number of anilines is 1. The molecule has 0 saturated carbocycles. The van der Waals surface area contributed by atoms with E-state index in [1.54, 1.807) is 0 Å². The minimum Gasteiger partial charge on any atom is -0.354 e. The molecule has 122 valence electrons. The highest BCUT2D eigenvalue weighted by Crippen LogP contribution is 2.19. The molecule has 3 rings (SSSR count). The lowest BCUT2D eigenvalue weighted by Gasteiger charge is -2.35. The van der Waals surface area contributed by atoms with Crippen molar-refractivity contribution in [1.82, 2.24) is 19.9 Å². The van der Waals surface area contributed by atoms with Crippen LogP contribution in [0.15, 0.2) is 30.6 Å². The van der Waals surface area contributed by atoms with Crippen molar-refractivity contribution in [3.05, 3.63) is 47.7 Å². The molecular weight excluding hydrogens is 286 g/mol. The highest BCUT2D eigenvalue weighted by Gasteiger charge is 2.19. The first-order chi connectivity index (χ1) is 11.1. The molecule has 0 aromatic carbocycles. The summed E-state index contributed by atoms with van der Waals surface area (Å²) >= 11 is 0. The van der Waals surface area contributed by atoms with Crippen molar-refractivity contribution < 1.29 is 0 Å². The highest BCUT2D eigenvalue weighted by atomic mass is 15.3. The Labute approximate surface area is 138 Å². The zero-order valence-corrected chi connectivity index (χ0v) is 14.2. The summed E-state index contributed by atoms with van der Waals surface area (Å²) < 4.78 is 0. The van der Waals surface area contributed by atoms with Crippen LogP contribution >= 0.6 is 0 Å². The Morgan fingerprint density at radius 3 is 2.57 bits per heavy atom. The van der Waals surface area contributed by atoms with Gasteiger partial charge in [-0.2, -0.15) is 0 Å². The molecule has 2 aromatic rings. The van der Waals surface area contributed by atoms with Gasteiger partial charge in [0.2, 0.25) is 0 Å². The molecule has 1 saturated heterocycles.